The van der Waals surface area contributed by atoms with Gasteiger partial charge in [-0.25, -0.2) is 0 Å². The molecule has 1 heterocycles. The van der Waals surface area contributed by atoms with E-state index in [0.717, 1.165) is 42.8 Å². The first-order chi connectivity index (χ1) is 8.15. The molecule has 0 N–H and O–H groups in total. The molecule has 0 radical (unpaired) electrons. The van der Waals surface area contributed by atoms with E-state index in [4.69, 9.17) is 4.74 Å². The van der Waals surface area contributed by atoms with E-state index < -0.39 is 0 Å². The van der Waals surface area contributed by atoms with Gasteiger partial charge in [0.2, 0.25) is 0 Å². The maximum atomic E-state index is 5.45. The minimum absolute atomic E-state index is 0.833. The Kier molecular flexibility index (Phi) is 4.90. The van der Waals surface area contributed by atoms with Crippen molar-refractivity contribution in [1.29, 1.82) is 0 Å². The maximum absolute atomic E-state index is 5.45. The highest BCUT2D eigenvalue weighted by molar-refractivity contribution is 4.91. The normalized spacial score (nSPS) is 39.5. The van der Waals surface area contributed by atoms with Gasteiger partial charge in [0, 0.05) is 13.2 Å². The molecule has 2 aliphatic carbocycles. The van der Waals surface area contributed by atoms with Crippen LogP contribution >= 0.6 is 0 Å². The van der Waals surface area contributed by atoms with Crippen molar-refractivity contribution in [1.82, 2.24) is 0 Å². The smallest absolute Gasteiger partial charge is 0.0495 e. The quantitative estimate of drug-likeness (QED) is 0.687. The van der Waals surface area contributed by atoms with Crippen LogP contribution in [0.1, 0.15) is 59.3 Å². The van der Waals surface area contributed by atoms with Crippen molar-refractivity contribution in [2.45, 2.75) is 59.3 Å². The van der Waals surface area contributed by atoms with Gasteiger partial charge < -0.3 is 4.74 Å². The molecule has 1 nitrogen and oxygen atoms in total. The van der Waals surface area contributed by atoms with Crippen molar-refractivity contribution in [3.63, 3.8) is 0 Å². The Morgan fingerprint density at radius 1 is 1.06 bits per heavy atom. The summed E-state index contributed by atoms with van der Waals surface area (Å²) in [6.07, 6.45) is 9.04. The SMILES string of the molecule is C1CC(CC2CC3CCC2C3)CO1.CC(C)C. The third-order valence-electron chi connectivity index (χ3n) is 4.54. The molecule has 2 bridgehead atoms. The van der Waals surface area contributed by atoms with E-state index in [1.165, 1.54) is 12.8 Å². The van der Waals surface area contributed by atoms with Gasteiger partial charge >= 0.3 is 0 Å². The Labute approximate surface area is 107 Å². The molecule has 0 amide bonds. The molecule has 3 rings (SSSR count). The Bertz CT molecular complexity index is 215. The van der Waals surface area contributed by atoms with Crippen LogP contribution in [0.2, 0.25) is 0 Å². The van der Waals surface area contributed by atoms with E-state index >= 15 is 0 Å². The lowest BCUT2D eigenvalue weighted by molar-refractivity contribution is 0.173. The van der Waals surface area contributed by atoms with Gasteiger partial charge in [-0.3, -0.25) is 0 Å². The van der Waals surface area contributed by atoms with Crippen LogP contribution in [-0.4, -0.2) is 13.2 Å². The third-order valence-corrected chi connectivity index (χ3v) is 4.54. The van der Waals surface area contributed by atoms with E-state index in [2.05, 4.69) is 20.8 Å². The summed E-state index contributed by atoms with van der Waals surface area (Å²) < 4.78 is 5.45. The fourth-order valence-corrected chi connectivity index (χ4v) is 3.86. The van der Waals surface area contributed by atoms with Crippen LogP contribution in [0, 0.1) is 29.6 Å². The van der Waals surface area contributed by atoms with Crippen LogP contribution in [0.5, 0.6) is 0 Å². The number of hydrogen-bond donors (Lipinski definition) is 0. The van der Waals surface area contributed by atoms with Gasteiger partial charge in [0.1, 0.15) is 0 Å². The van der Waals surface area contributed by atoms with E-state index in [9.17, 15) is 0 Å². The Balaban J connectivity index is 0.000000239. The number of rotatable bonds is 2. The van der Waals surface area contributed by atoms with Crippen LogP contribution < -0.4 is 0 Å². The van der Waals surface area contributed by atoms with Gasteiger partial charge in [-0.2, -0.15) is 0 Å². The number of fused-ring (bicyclic) bond motifs is 2. The summed E-state index contributed by atoms with van der Waals surface area (Å²) in [6, 6.07) is 0. The molecule has 0 aromatic heterocycles. The molecule has 2 saturated carbocycles. The van der Waals surface area contributed by atoms with Gasteiger partial charge in [0.05, 0.1) is 0 Å². The summed E-state index contributed by atoms with van der Waals surface area (Å²) in [5.41, 5.74) is 0. The largest absolute Gasteiger partial charge is 0.381 e. The first kappa shape index (κ1) is 13.4. The lowest BCUT2D eigenvalue weighted by Gasteiger charge is -2.23. The van der Waals surface area contributed by atoms with Gasteiger partial charge in [-0.05, 0) is 61.7 Å². The second-order valence-electron chi connectivity index (χ2n) is 7.13. The monoisotopic (exact) mass is 238 g/mol. The van der Waals surface area contributed by atoms with E-state index in [-0.39, 0.29) is 0 Å². The van der Waals surface area contributed by atoms with Crippen molar-refractivity contribution in [3.05, 3.63) is 0 Å². The topological polar surface area (TPSA) is 9.23 Å². The van der Waals surface area contributed by atoms with E-state index in [0.29, 0.717) is 0 Å². The Morgan fingerprint density at radius 2 is 1.82 bits per heavy atom. The van der Waals surface area contributed by atoms with Gasteiger partial charge in [0.25, 0.3) is 0 Å². The Morgan fingerprint density at radius 3 is 2.29 bits per heavy atom. The molecular formula is C16H30O. The molecule has 1 heteroatoms. The van der Waals surface area contributed by atoms with Crippen LogP contribution in [0.3, 0.4) is 0 Å². The van der Waals surface area contributed by atoms with E-state index in [1.807, 2.05) is 0 Å². The molecular weight excluding hydrogens is 208 g/mol. The molecule has 100 valence electrons. The zero-order chi connectivity index (χ0) is 12.3. The summed E-state index contributed by atoms with van der Waals surface area (Å²) in [5, 5.41) is 0. The average molecular weight is 238 g/mol. The highest BCUT2D eigenvalue weighted by Gasteiger charge is 2.40. The minimum Gasteiger partial charge on any atom is -0.381 e. The second kappa shape index (κ2) is 6.22. The fraction of sp³-hybridized carbons (Fsp3) is 1.00. The van der Waals surface area contributed by atoms with Crippen LogP contribution in [-0.2, 0) is 4.74 Å². The molecule has 3 fully saturated rings. The molecule has 17 heavy (non-hydrogen) atoms. The standard InChI is InChI=1S/C12H20O.C4H10/c1-2-11-5-9(1)6-12(11)7-10-3-4-13-8-10;1-4(2)3/h9-12H,1-8H2;4H,1-3H3. The summed E-state index contributed by atoms with van der Waals surface area (Å²) in [7, 11) is 0. The predicted octanol–water partition coefficient (Wildman–Crippen LogP) is 4.51. The van der Waals surface area contributed by atoms with Crippen molar-refractivity contribution in [2.24, 2.45) is 29.6 Å². The zero-order valence-electron chi connectivity index (χ0n) is 12.0. The number of ether oxygens (including phenoxy) is 1. The first-order valence-corrected chi connectivity index (χ1v) is 7.73. The number of hydrogen-bond acceptors (Lipinski definition) is 1. The lowest BCUT2D eigenvalue weighted by atomic mass is 9.82. The Hall–Kier alpha value is -0.0400. The molecule has 1 aliphatic heterocycles. The lowest BCUT2D eigenvalue weighted by Crippen LogP contribution is -2.15. The predicted molar refractivity (Wildman–Crippen MR) is 73.0 cm³/mol. The van der Waals surface area contributed by atoms with Crippen molar-refractivity contribution >= 4 is 0 Å². The highest BCUT2D eigenvalue weighted by Crippen LogP contribution is 2.50. The zero-order valence-corrected chi connectivity index (χ0v) is 12.0. The van der Waals surface area contributed by atoms with Crippen LogP contribution in [0.15, 0.2) is 0 Å². The third kappa shape index (κ3) is 3.98. The van der Waals surface area contributed by atoms with Crippen molar-refractivity contribution in [3.8, 4) is 0 Å². The molecule has 0 aromatic rings. The molecule has 0 aromatic carbocycles. The average Bonchev–Trinajstić information content (AvgIpc) is 2.91. The molecule has 4 atom stereocenters. The summed E-state index contributed by atoms with van der Waals surface area (Å²) in [6.45, 7) is 8.60. The summed E-state index contributed by atoms with van der Waals surface area (Å²) >= 11 is 0. The molecule has 0 spiro atoms. The van der Waals surface area contributed by atoms with Crippen LogP contribution in [0.25, 0.3) is 0 Å². The van der Waals surface area contributed by atoms with Gasteiger partial charge in [-0.1, -0.05) is 27.2 Å². The van der Waals surface area contributed by atoms with Gasteiger partial charge in [-0.15, -0.1) is 0 Å². The summed E-state index contributed by atoms with van der Waals surface area (Å²) in [5.74, 6) is 5.08. The minimum atomic E-state index is 0.833. The van der Waals surface area contributed by atoms with Crippen molar-refractivity contribution in [2.75, 3.05) is 13.2 Å². The van der Waals surface area contributed by atoms with Gasteiger partial charge in [0.15, 0.2) is 0 Å². The highest BCUT2D eigenvalue weighted by atomic mass is 16.5. The maximum Gasteiger partial charge on any atom is 0.0495 e. The molecule has 4 unspecified atom stereocenters. The molecule has 3 aliphatic rings. The fourth-order valence-electron chi connectivity index (χ4n) is 3.86. The van der Waals surface area contributed by atoms with Crippen molar-refractivity contribution < 1.29 is 4.74 Å². The van der Waals surface area contributed by atoms with E-state index in [1.54, 1.807) is 25.7 Å². The van der Waals surface area contributed by atoms with Crippen LogP contribution in [0.4, 0.5) is 0 Å². The molecule has 1 saturated heterocycles. The second-order valence-corrected chi connectivity index (χ2v) is 7.13. The summed E-state index contributed by atoms with van der Waals surface area (Å²) in [4.78, 5) is 0. The first-order valence-electron chi connectivity index (χ1n) is 7.73.